The van der Waals surface area contributed by atoms with Gasteiger partial charge in [0, 0.05) is 59.0 Å². The highest BCUT2D eigenvalue weighted by Gasteiger charge is 2.30. The first kappa shape index (κ1) is 27.2. The van der Waals surface area contributed by atoms with E-state index in [1.54, 1.807) is 0 Å². The minimum absolute atomic E-state index is 0. The summed E-state index contributed by atoms with van der Waals surface area (Å²) in [6.45, 7) is 8.71. The summed E-state index contributed by atoms with van der Waals surface area (Å²) in [6, 6.07) is -0.111. The molecule has 0 radical (unpaired) electrons. The number of aliphatic imine (C=N–C) groups is 1. The second-order valence-corrected chi connectivity index (χ2v) is 7.49. The van der Waals surface area contributed by atoms with Crippen molar-refractivity contribution in [1.29, 1.82) is 0 Å². The van der Waals surface area contributed by atoms with E-state index in [0.29, 0.717) is 19.5 Å². The van der Waals surface area contributed by atoms with Crippen molar-refractivity contribution in [3.05, 3.63) is 0 Å². The Bertz CT molecular complexity index is 537. The molecule has 2 saturated heterocycles. The molecule has 1 atom stereocenters. The molecule has 2 aliphatic rings. The zero-order valence-corrected chi connectivity index (χ0v) is 20.2. The van der Waals surface area contributed by atoms with E-state index in [9.17, 15) is 18.0 Å². The fourth-order valence-electron chi connectivity index (χ4n) is 3.64. The molecule has 0 bridgehead atoms. The van der Waals surface area contributed by atoms with Crippen molar-refractivity contribution in [1.82, 2.24) is 20.0 Å². The van der Waals surface area contributed by atoms with Gasteiger partial charge in [-0.15, -0.1) is 24.0 Å². The molecule has 176 valence electrons. The molecule has 7 nitrogen and oxygen atoms in total. The van der Waals surface area contributed by atoms with Crippen molar-refractivity contribution in [3.8, 4) is 0 Å². The molecule has 0 aromatic carbocycles. The Morgan fingerprint density at radius 2 is 1.73 bits per heavy atom. The Labute approximate surface area is 194 Å². The molecule has 2 rings (SSSR count). The Balaban J connectivity index is 0.00000450. The van der Waals surface area contributed by atoms with Crippen LogP contribution in [0, 0.1) is 0 Å². The van der Waals surface area contributed by atoms with Crippen LogP contribution in [0.25, 0.3) is 0 Å². The molecule has 0 aromatic heterocycles. The van der Waals surface area contributed by atoms with Gasteiger partial charge in [0.1, 0.15) is 6.61 Å². The number of hydrogen-bond donors (Lipinski definition) is 1. The maximum atomic E-state index is 12.6. The van der Waals surface area contributed by atoms with Crippen LogP contribution in [0.5, 0.6) is 0 Å². The summed E-state index contributed by atoms with van der Waals surface area (Å²) in [4.78, 5) is 23.4. The summed E-state index contributed by atoms with van der Waals surface area (Å²) in [5.74, 6) is 0.983. The van der Waals surface area contributed by atoms with Gasteiger partial charge in [0.25, 0.3) is 0 Å². The summed E-state index contributed by atoms with van der Waals surface area (Å²) in [6.07, 6.45) is -1.66. The molecular weight excluding hydrogens is 514 g/mol. The maximum absolute atomic E-state index is 12.6. The van der Waals surface area contributed by atoms with Crippen molar-refractivity contribution >= 4 is 35.8 Å². The van der Waals surface area contributed by atoms with Crippen LogP contribution in [0.15, 0.2) is 4.99 Å². The largest absolute Gasteiger partial charge is 0.411 e. The molecule has 2 fully saturated rings. The predicted molar refractivity (Wildman–Crippen MR) is 121 cm³/mol. The van der Waals surface area contributed by atoms with Crippen LogP contribution in [0.3, 0.4) is 0 Å². The zero-order valence-electron chi connectivity index (χ0n) is 17.9. The number of halogens is 4. The molecular formula is C19H35F3IN5O2. The van der Waals surface area contributed by atoms with E-state index in [-0.39, 0.29) is 42.5 Å². The lowest BCUT2D eigenvalue weighted by atomic mass is 10.2. The molecule has 0 aliphatic carbocycles. The fourth-order valence-corrected chi connectivity index (χ4v) is 3.64. The Morgan fingerprint density at radius 3 is 2.30 bits per heavy atom. The van der Waals surface area contributed by atoms with Crippen LogP contribution < -0.4 is 5.32 Å². The number of nitrogens with one attached hydrogen (secondary N) is 1. The Kier molecular flexibility index (Phi) is 12.3. The summed E-state index contributed by atoms with van der Waals surface area (Å²) >= 11 is 0. The van der Waals surface area contributed by atoms with E-state index < -0.39 is 12.8 Å². The van der Waals surface area contributed by atoms with E-state index in [4.69, 9.17) is 0 Å². The molecule has 0 saturated carbocycles. The molecule has 30 heavy (non-hydrogen) atoms. The van der Waals surface area contributed by atoms with E-state index >= 15 is 0 Å². The lowest BCUT2D eigenvalue weighted by Gasteiger charge is -2.39. The van der Waals surface area contributed by atoms with Gasteiger partial charge in [0.15, 0.2) is 5.96 Å². The van der Waals surface area contributed by atoms with Gasteiger partial charge in [0.2, 0.25) is 5.91 Å². The Hall–Kier alpha value is -0.820. The average molecular weight is 549 g/mol. The number of rotatable bonds is 8. The van der Waals surface area contributed by atoms with E-state index in [1.165, 1.54) is 0 Å². The third-order valence-electron chi connectivity index (χ3n) is 5.25. The average Bonchev–Trinajstić information content (AvgIpc) is 3.23. The van der Waals surface area contributed by atoms with Crippen molar-refractivity contribution in [2.24, 2.45) is 4.99 Å². The van der Waals surface area contributed by atoms with Gasteiger partial charge in [-0.2, -0.15) is 13.2 Å². The monoisotopic (exact) mass is 549 g/mol. The van der Waals surface area contributed by atoms with Crippen LogP contribution in [-0.2, 0) is 9.53 Å². The van der Waals surface area contributed by atoms with Gasteiger partial charge in [0.05, 0.1) is 6.04 Å². The van der Waals surface area contributed by atoms with Crippen molar-refractivity contribution in [2.45, 2.75) is 45.3 Å². The summed E-state index contributed by atoms with van der Waals surface area (Å²) in [7, 11) is 0. The lowest BCUT2D eigenvalue weighted by Crippen LogP contribution is -2.57. The normalized spacial score (nSPS) is 19.6. The summed E-state index contributed by atoms with van der Waals surface area (Å²) < 4.78 is 40.8. The minimum Gasteiger partial charge on any atom is -0.372 e. The number of alkyl halides is 3. The van der Waals surface area contributed by atoms with Gasteiger partial charge in [-0.1, -0.05) is 0 Å². The third kappa shape index (κ3) is 9.13. The maximum Gasteiger partial charge on any atom is 0.411 e. The summed E-state index contributed by atoms with van der Waals surface area (Å²) in [5, 5.41) is 3.24. The fraction of sp³-hybridized carbons (Fsp3) is 0.895. The smallest absolute Gasteiger partial charge is 0.372 e. The number of carbonyl (C=O) groups excluding carboxylic acids is 1. The molecule has 1 unspecified atom stereocenters. The quantitative estimate of drug-likeness (QED) is 0.218. The van der Waals surface area contributed by atoms with Crippen molar-refractivity contribution < 1.29 is 22.7 Å². The van der Waals surface area contributed by atoms with Crippen molar-refractivity contribution in [3.63, 3.8) is 0 Å². The zero-order chi connectivity index (χ0) is 21.3. The van der Waals surface area contributed by atoms with E-state index in [1.807, 2.05) is 18.7 Å². The van der Waals surface area contributed by atoms with Crippen LogP contribution in [0.2, 0.25) is 0 Å². The van der Waals surface area contributed by atoms with Crippen LogP contribution in [0.1, 0.15) is 33.1 Å². The number of piperazine rings is 1. The van der Waals surface area contributed by atoms with Crippen LogP contribution in [0.4, 0.5) is 13.2 Å². The van der Waals surface area contributed by atoms with Gasteiger partial charge in [-0.05, 0) is 33.1 Å². The number of carbonyl (C=O) groups is 1. The molecule has 2 aliphatic heterocycles. The second-order valence-electron chi connectivity index (χ2n) is 7.49. The predicted octanol–water partition coefficient (Wildman–Crippen LogP) is 2.17. The van der Waals surface area contributed by atoms with Crippen LogP contribution >= 0.6 is 24.0 Å². The highest BCUT2D eigenvalue weighted by atomic mass is 127. The first-order chi connectivity index (χ1) is 13.8. The number of hydrogen-bond acceptors (Lipinski definition) is 4. The molecule has 11 heteroatoms. The highest BCUT2D eigenvalue weighted by molar-refractivity contribution is 14.0. The van der Waals surface area contributed by atoms with Gasteiger partial charge in [-0.25, -0.2) is 0 Å². The topological polar surface area (TPSA) is 60.4 Å². The first-order valence-electron chi connectivity index (χ1n) is 10.5. The number of amides is 1. The van der Waals surface area contributed by atoms with Crippen molar-refractivity contribution in [2.75, 3.05) is 65.6 Å². The standard InChI is InChI=1S/C19H34F3N5O2.HI/c1-3-23-18(24-7-6-14-29-15-19(20,21)22)27-12-10-25(11-13-27)16(2)17(28)26-8-4-5-9-26;/h16H,3-15H2,1-2H3,(H,23,24);1H. The Morgan fingerprint density at radius 1 is 1.10 bits per heavy atom. The van der Waals surface area contributed by atoms with E-state index in [2.05, 4.69) is 24.8 Å². The number of likely N-dealkylation sites (tertiary alicyclic amines) is 1. The molecule has 1 amide bonds. The van der Waals surface area contributed by atoms with Gasteiger partial charge < -0.3 is 19.9 Å². The van der Waals surface area contributed by atoms with Gasteiger partial charge >= 0.3 is 6.18 Å². The molecule has 0 spiro atoms. The van der Waals surface area contributed by atoms with Crippen LogP contribution in [-0.4, -0.2) is 104 Å². The molecule has 2 heterocycles. The minimum atomic E-state index is -4.29. The first-order valence-corrected chi connectivity index (χ1v) is 10.5. The molecule has 0 aromatic rings. The van der Waals surface area contributed by atoms with E-state index in [0.717, 1.165) is 58.1 Å². The number of ether oxygens (including phenoxy) is 1. The van der Waals surface area contributed by atoms with Gasteiger partial charge in [-0.3, -0.25) is 14.7 Å². The number of guanidine groups is 1. The lowest BCUT2D eigenvalue weighted by molar-refractivity contribution is -0.173. The highest BCUT2D eigenvalue weighted by Crippen LogP contribution is 2.15. The third-order valence-corrected chi connectivity index (χ3v) is 5.25. The molecule has 1 N–H and O–H groups in total. The SMILES string of the molecule is CCNC(=NCCCOCC(F)(F)F)N1CCN(C(C)C(=O)N2CCCC2)CC1.I. The second kappa shape index (κ2) is 13.6. The summed E-state index contributed by atoms with van der Waals surface area (Å²) in [5.41, 5.74) is 0. The number of nitrogens with zero attached hydrogens (tertiary/aromatic N) is 4.